The third kappa shape index (κ3) is 4.24. The molecule has 0 aliphatic heterocycles. The Kier molecular flexibility index (Phi) is 5.38. The molecule has 8 heteroatoms. The summed E-state index contributed by atoms with van der Waals surface area (Å²) in [4.78, 5) is 12.3. The molecule has 1 aromatic heterocycles. The molecule has 0 aliphatic rings. The van der Waals surface area contributed by atoms with Gasteiger partial charge in [0, 0.05) is 25.9 Å². The number of carbonyl (C=O) groups is 1. The van der Waals surface area contributed by atoms with Crippen molar-refractivity contribution in [1.29, 1.82) is 0 Å². The van der Waals surface area contributed by atoms with Gasteiger partial charge < -0.3 is 4.74 Å². The van der Waals surface area contributed by atoms with Crippen molar-refractivity contribution in [1.82, 2.24) is 14.1 Å². The Morgan fingerprint density at radius 3 is 2.37 bits per heavy atom. The van der Waals surface area contributed by atoms with Crippen molar-refractivity contribution in [3.8, 4) is 5.69 Å². The lowest BCUT2D eigenvalue weighted by Crippen LogP contribution is -2.22. The first-order chi connectivity index (χ1) is 12.9. The fraction of sp³-hybridized carbons (Fsp3) is 0.158. The van der Waals surface area contributed by atoms with Crippen LogP contribution in [0.15, 0.2) is 71.9 Å². The summed E-state index contributed by atoms with van der Waals surface area (Å²) in [5.41, 5.74) is 1.94. The number of nitrogens with zero attached hydrogens (tertiary/aromatic N) is 3. The fourth-order valence-electron chi connectivity index (χ4n) is 2.36. The molecule has 0 atom stereocenters. The van der Waals surface area contributed by atoms with Gasteiger partial charge in [-0.1, -0.05) is 18.2 Å². The van der Waals surface area contributed by atoms with Gasteiger partial charge in [0.05, 0.1) is 22.3 Å². The van der Waals surface area contributed by atoms with Crippen LogP contribution in [0, 0.1) is 0 Å². The van der Waals surface area contributed by atoms with E-state index in [0.717, 1.165) is 15.6 Å². The monoisotopic (exact) mass is 385 g/mol. The number of esters is 1. The van der Waals surface area contributed by atoms with E-state index in [1.165, 1.54) is 38.4 Å². The quantitative estimate of drug-likeness (QED) is 0.609. The lowest BCUT2D eigenvalue weighted by molar-refractivity contribution is 0.0472. The van der Waals surface area contributed by atoms with Crippen molar-refractivity contribution in [2.24, 2.45) is 0 Å². The number of carbonyl (C=O) groups excluding carboxylic acids is 1. The second-order valence-corrected chi connectivity index (χ2v) is 8.17. The van der Waals surface area contributed by atoms with E-state index in [9.17, 15) is 13.2 Å². The second kappa shape index (κ2) is 7.73. The topological polar surface area (TPSA) is 81.5 Å². The summed E-state index contributed by atoms with van der Waals surface area (Å²) in [7, 11) is -0.625. The molecule has 1 heterocycles. The molecule has 7 nitrogen and oxygen atoms in total. The van der Waals surface area contributed by atoms with Gasteiger partial charge in [-0.25, -0.2) is 22.2 Å². The van der Waals surface area contributed by atoms with E-state index >= 15 is 0 Å². The van der Waals surface area contributed by atoms with Gasteiger partial charge in [-0.15, -0.1) is 0 Å². The van der Waals surface area contributed by atoms with Crippen molar-refractivity contribution >= 4 is 16.0 Å². The third-order valence-electron chi connectivity index (χ3n) is 3.90. The minimum Gasteiger partial charge on any atom is -0.457 e. The minimum atomic E-state index is -3.53. The van der Waals surface area contributed by atoms with Crippen molar-refractivity contribution in [2.75, 3.05) is 14.1 Å². The van der Waals surface area contributed by atoms with Crippen LogP contribution in [0.2, 0.25) is 0 Å². The molecule has 0 aliphatic carbocycles. The molecule has 0 amide bonds. The van der Waals surface area contributed by atoms with Gasteiger partial charge in [-0.3, -0.25) is 0 Å². The number of para-hydroxylation sites is 1. The van der Waals surface area contributed by atoms with Crippen LogP contribution in [0.3, 0.4) is 0 Å². The molecular formula is C19H19N3O4S. The number of aromatic nitrogens is 2. The highest BCUT2D eigenvalue weighted by molar-refractivity contribution is 7.89. The molecule has 0 N–H and O–H groups in total. The number of hydrogen-bond acceptors (Lipinski definition) is 5. The van der Waals surface area contributed by atoms with E-state index in [1.54, 1.807) is 17.1 Å². The first-order valence-electron chi connectivity index (χ1n) is 8.16. The first-order valence-corrected chi connectivity index (χ1v) is 9.60. The number of sulfonamides is 1. The summed E-state index contributed by atoms with van der Waals surface area (Å²) in [5, 5.41) is 4.25. The molecule has 140 valence electrons. The Hall–Kier alpha value is -2.97. The van der Waals surface area contributed by atoms with E-state index in [0.29, 0.717) is 0 Å². The minimum absolute atomic E-state index is 0.0728. The van der Waals surface area contributed by atoms with Crippen LogP contribution in [0.4, 0.5) is 0 Å². The Morgan fingerprint density at radius 2 is 1.74 bits per heavy atom. The number of benzene rings is 2. The molecule has 3 aromatic rings. The molecule has 3 rings (SSSR count). The third-order valence-corrected chi connectivity index (χ3v) is 5.72. The standard InChI is InChI=1S/C19H19N3O4S/c1-21(2)27(24,25)18-10-8-16(9-11-18)19(23)26-14-15-12-20-22(13-15)17-6-4-3-5-7-17/h3-13H,14H2,1-2H3. The highest BCUT2D eigenvalue weighted by Crippen LogP contribution is 2.15. The first kappa shape index (κ1) is 18.8. The molecule has 0 unspecified atom stereocenters. The van der Waals surface area contributed by atoms with E-state index in [1.807, 2.05) is 30.3 Å². The molecule has 0 fully saturated rings. The predicted molar refractivity (Wildman–Crippen MR) is 100.0 cm³/mol. The van der Waals surface area contributed by atoms with Crippen LogP contribution in [-0.2, 0) is 21.4 Å². The zero-order chi connectivity index (χ0) is 19.4. The number of ether oxygens (including phenoxy) is 1. The predicted octanol–water partition coefficient (Wildman–Crippen LogP) is 2.48. The van der Waals surface area contributed by atoms with Crippen LogP contribution >= 0.6 is 0 Å². The SMILES string of the molecule is CN(C)S(=O)(=O)c1ccc(C(=O)OCc2cnn(-c3ccccc3)c2)cc1. The molecule has 0 bridgehead atoms. The van der Waals surface area contributed by atoms with E-state index < -0.39 is 16.0 Å². The van der Waals surface area contributed by atoms with Gasteiger partial charge in [0.1, 0.15) is 6.61 Å². The zero-order valence-corrected chi connectivity index (χ0v) is 15.8. The van der Waals surface area contributed by atoms with Crippen molar-refractivity contribution < 1.29 is 17.9 Å². The zero-order valence-electron chi connectivity index (χ0n) is 14.9. The fourth-order valence-corrected chi connectivity index (χ4v) is 3.26. The average Bonchev–Trinajstić information content (AvgIpc) is 3.16. The summed E-state index contributed by atoms with van der Waals surface area (Å²) in [5.74, 6) is -0.531. The molecule has 27 heavy (non-hydrogen) atoms. The number of hydrogen-bond donors (Lipinski definition) is 0. The maximum absolute atomic E-state index is 12.2. The summed E-state index contributed by atoms with van der Waals surface area (Å²) in [6.07, 6.45) is 3.42. The van der Waals surface area contributed by atoms with Gasteiger partial charge in [-0.2, -0.15) is 5.10 Å². The van der Waals surface area contributed by atoms with Crippen molar-refractivity contribution in [2.45, 2.75) is 11.5 Å². The summed E-state index contributed by atoms with van der Waals surface area (Å²) in [6, 6.07) is 15.2. The van der Waals surface area contributed by atoms with Crippen LogP contribution in [0.5, 0.6) is 0 Å². The molecule has 0 radical (unpaired) electrons. The Balaban J connectivity index is 1.64. The molecule has 0 spiro atoms. The van der Waals surface area contributed by atoms with Crippen LogP contribution < -0.4 is 0 Å². The molecule has 0 saturated carbocycles. The van der Waals surface area contributed by atoms with E-state index in [2.05, 4.69) is 5.10 Å². The summed E-state index contributed by atoms with van der Waals surface area (Å²) < 4.78 is 32.2. The Morgan fingerprint density at radius 1 is 1.07 bits per heavy atom. The summed E-state index contributed by atoms with van der Waals surface area (Å²) >= 11 is 0. The largest absolute Gasteiger partial charge is 0.457 e. The van der Waals surface area contributed by atoms with Gasteiger partial charge in [0.25, 0.3) is 0 Å². The van der Waals surface area contributed by atoms with Crippen molar-refractivity contribution in [3.63, 3.8) is 0 Å². The van der Waals surface area contributed by atoms with Gasteiger partial charge in [0.15, 0.2) is 0 Å². The molecule has 2 aromatic carbocycles. The Bertz CT molecular complexity index is 1030. The Labute approximate surface area is 157 Å². The van der Waals surface area contributed by atoms with E-state index in [4.69, 9.17) is 4.74 Å². The van der Waals surface area contributed by atoms with Crippen LogP contribution in [-0.4, -0.2) is 42.6 Å². The maximum Gasteiger partial charge on any atom is 0.338 e. The molecular weight excluding hydrogens is 366 g/mol. The second-order valence-electron chi connectivity index (χ2n) is 6.02. The average molecular weight is 385 g/mol. The van der Waals surface area contributed by atoms with Gasteiger partial charge >= 0.3 is 5.97 Å². The number of rotatable bonds is 6. The van der Waals surface area contributed by atoms with Crippen LogP contribution in [0.25, 0.3) is 5.69 Å². The van der Waals surface area contributed by atoms with Gasteiger partial charge in [0.2, 0.25) is 10.0 Å². The highest BCUT2D eigenvalue weighted by Gasteiger charge is 2.18. The lowest BCUT2D eigenvalue weighted by atomic mass is 10.2. The van der Waals surface area contributed by atoms with Crippen molar-refractivity contribution in [3.05, 3.63) is 78.1 Å². The van der Waals surface area contributed by atoms with Crippen LogP contribution in [0.1, 0.15) is 15.9 Å². The summed E-state index contributed by atoms with van der Waals surface area (Å²) in [6.45, 7) is 0.0728. The highest BCUT2D eigenvalue weighted by atomic mass is 32.2. The normalized spacial score (nSPS) is 11.5. The maximum atomic E-state index is 12.2. The van der Waals surface area contributed by atoms with E-state index in [-0.39, 0.29) is 17.1 Å². The lowest BCUT2D eigenvalue weighted by Gasteiger charge is -2.11. The molecule has 0 saturated heterocycles. The van der Waals surface area contributed by atoms with Gasteiger partial charge in [-0.05, 0) is 36.4 Å². The smallest absolute Gasteiger partial charge is 0.338 e.